The van der Waals surface area contributed by atoms with Crippen molar-refractivity contribution in [3.05, 3.63) is 101 Å². The highest BCUT2D eigenvalue weighted by molar-refractivity contribution is 7.89. The van der Waals surface area contributed by atoms with Gasteiger partial charge in [-0.25, -0.2) is 23.1 Å². The van der Waals surface area contributed by atoms with Crippen LogP contribution in [0.1, 0.15) is 84.2 Å². The third-order valence-electron chi connectivity index (χ3n) is 13.1. The van der Waals surface area contributed by atoms with E-state index in [2.05, 4.69) is 62.9 Å². The van der Waals surface area contributed by atoms with Gasteiger partial charge in [0.1, 0.15) is 17.9 Å². The van der Waals surface area contributed by atoms with Crippen LogP contribution in [0.5, 0.6) is 0 Å². The summed E-state index contributed by atoms with van der Waals surface area (Å²) in [4.78, 5) is 61.8. The number of benzene rings is 3. The maximum absolute atomic E-state index is 14.1. The minimum Gasteiger partial charge on any atom is -0.391 e. The maximum Gasteiger partial charge on any atom is 0.246 e. The van der Waals surface area contributed by atoms with Crippen molar-refractivity contribution in [1.29, 1.82) is 0 Å². The molecule has 2 aliphatic rings. The molecule has 19 nitrogen and oxygen atoms in total. The molecule has 3 amide bonds. The number of nitrogens with zero attached hydrogens (tertiary/aromatic N) is 6. The van der Waals surface area contributed by atoms with Gasteiger partial charge in [0.05, 0.1) is 59.6 Å². The Kier molecular flexibility index (Phi) is 19.3. The number of hydrogen-bond acceptors (Lipinski definition) is 16. The largest absolute Gasteiger partial charge is 0.391 e. The van der Waals surface area contributed by atoms with Gasteiger partial charge in [0.2, 0.25) is 33.7 Å². The third kappa shape index (κ3) is 16.0. The van der Waals surface area contributed by atoms with Crippen LogP contribution >= 0.6 is 11.3 Å². The van der Waals surface area contributed by atoms with Crippen molar-refractivity contribution >= 4 is 67.9 Å². The van der Waals surface area contributed by atoms with E-state index in [0.717, 1.165) is 71.4 Å². The first kappa shape index (κ1) is 57.6. The summed E-state index contributed by atoms with van der Waals surface area (Å²) in [7, 11) is -3.71. The molecule has 2 fully saturated rings. The van der Waals surface area contributed by atoms with Crippen molar-refractivity contribution in [2.75, 3.05) is 81.2 Å². The summed E-state index contributed by atoms with van der Waals surface area (Å²) in [5.74, 6) is -0.174. The second-order valence-corrected chi connectivity index (χ2v) is 24.1. The Morgan fingerprint density at radius 3 is 2.20 bits per heavy atom. The highest BCUT2D eigenvalue weighted by Gasteiger charge is 2.44. The van der Waals surface area contributed by atoms with Gasteiger partial charge in [0.15, 0.2) is 0 Å². The van der Waals surface area contributed by atoms with Gasteiger partial charge in [-0.15, -0.1) is 11.3 Å². The summed E-state index contributed by atoms with van der Waals surface area (Å²) >= 11 is 1.58. The van der Waals surface area contributed by atoms with E-state index in [-0.39, 0.29) is 48.7 Å². The first-order chi connectivity index (χ1) is 36.0. The van der Waals surface area contributed by atoms with Crippen LogP contribution in [0.25, 0.3) is 10.4 Å². The van der Waals surface area contributed by atoms with E-state index in [9.17, 15) is 27.9 Å². The molecular formula is C55H75N11O8S2. The average Bonchev–Trinajstić information content (AvgIpc) is 4.00. The molecule has 0 unspecified atom stereocenters. The molecule has 2 aliphatic heterocycles. The zero-order valence-corrected chi connectivity index (χ0v) is 46.8. The predicted molar refractivity (Wildman–Crippen MR) is 298 cm³/mol. The van der Waals surface area contributed by atoms with E-state index in [0.29, 0.717) is 37.3 Å². The third-order valence-corrected chi connectivity index (χ3v) is 15.9. The number of aromatic nitrogens is 3. The molecule has 76 heavy (non-hydrogen) atoms. The molecule has 2 aromatic heterocycles. The first-order valence-corrected chi connectivity index (χ1v) is 28.2. The minimum atomic E-state index is -3.71. The Hall–Kier alpha value is -6.07. The van der Waals surface area contributed by atoms with Gasteiger partial charge >= 0.3 is 0 Å². The number of hydrogen-bond donors (Lipinski definition) is 6. The molecule has 0 aliphatic carbocycles. The van der Waals surface area contributed by atoms with Gasteiger partial charge in [0, 0.05) is 86.5 Å². The Morgan fingerprint density at radius 1 is 0.842 bits per heavy atom. The highest BCUT2D eigenvalue weighted by Crippen LogP contribution is 2.31. The Bertz CT molecular complexity index is 2860. The predicted octanol–water partition coefficient (Wildman–Crippen LogP) is 6.70. The number of nitrogens with one attached hydrogen (secondary N) is 5. The Labute approximate surface area is 451 Å². The standard InChI is InChI=1S/C55H75N11O8S2/c1-36-33-56-53(62-50(36)59-42-11-10-12-45(31-42)76(71,72)63-55(7,8)9)60-41-17-19-43(20-18-41)65-24-22-64(23-25-65)26-28-74-30-29-73-27-21-47(68)61-49(54(4,5)6)52(70)66-34-44(67)32-46(66)51(69)58-37(2)39-13-15-40(16-14-39)48-38(3)57-35-75-48/h10-20,31,33,35,37,44,46,49,63,67H,21-30,32,34H2,1-9H3,(H,58,69)(H,61,68)(H2,56,59,60,62)/t37-,44+,46-,49+/m0/s1. The lowest BCUT2D eigenvalue weighted by atomic mass is 9.85. The summed E-state index contributed by atoms with van der Waals surface area (Å²) in [5.41, 5.74) is 6.76. The second-order valence-electron chi connectivity index (χ2n) is 21.6. The zero-order chi connectivity index (χ0) is 54.8. The Morgan fingerprint density at radius 2 is 1.54 bits per heavy atom. The summed E-state index contributed by atoms with van der Waals surface area (Å²) in [6.45, 7) is 22.4. The van der Waals surface area contributed by atoms with Gasteiger partial charge in [0.25, 0.3) is 0 Å². The molecule has 0 saturated carbocycles. The fourth-order valence-corrected chi connectivity index (χ4v) is 11.3. The number of carbonyl (C=O) groups is 3. The number of sulfonamides is 1. The number of rotatable bonds is 22. The van der Waals surface area contributed by atoms with Gasteiger partial charge in [-0.05, 0) is 101 Å². The number of amides is 3. The van der Waals surface area contributed by atoms with Gasteiger partial charge in [-0.1, -0.05) is 51.1 Å². The van der Waals surface area contributed by atoms with Crippen molar-refractivity contribution in [2.24, 2.45) is 5.41 Å². The molecule has 5 aromatic rings. The quantitative estimate of drug-likeness (QED) is 0.0396. The average molecular weight is 1080 g/mol. The molecule has 3 aromatic carbocycles. The molecular weight excluding hydrogens is 1010 g/mol. The van der Waals surface area contributed by atoms with E-state index in [1.165, 1.54) is 4.90 Å². The van der Waals surface area contributed by atoms with Gasteiger partial charge in [-0.3, -0.25) is 19.3 Å². The smallest absolute Gasteiger partial charge is 0.246 e. The second kappa shape index (κ2) is 25.4. The van der Waals surface area contributed by atoms with Crippen molar-refractivity contribution in [2.45, 2.75) is 110 Å². The van der Waals surface area contributed by atoms with Gasteiger partial charge in [-0.2, -0.15) is 4.98 Å². The number of aliphatic hydroxyl groups excluding tert-OH is 1. The van der Waals surface area contributed by atoms with Crippen molar-refractivity contribution in [3.63, 3.8) is 0 Å². The summed E-state index contributed by atoms with van der Waals surface area (Å²) in [6.07, 6.45) is 0.985. The van der Waals surface area contributed by atoms with Gasteiger partial charge < -0.3 is 45.6 Å². The summed E-state index contributed by atoms with van der Waals surface area (Å²) in [6, 6.07) is 20.5. The van der Waals surface area contributed by atoms with E-state index < -0.39 is 45.1 Å². The number of likely N-dealkylation sites (tertiary alicyclic amines) is 1. The highest BCUT2D eigenvalue weighted by atomic mass is 32.2. The van der Waals surface area contributed by atoms with Crippen LogP contribution in [0, 0.1) is 19.3 Å². The first-order valence-electron chi connectivity index (χ1n) is 25.9. The number of anilines is 5. The van der Waals surface area contributed by atoms with E-state index in [1.807, 2.05) is 83.5 Å². The fourth-order valence-electron chi connectivity index (χ4n) is 9.01. The summed E-state index contributed by atoms with van der Waals surface area (Å²) in [5, 5.41) is 23.1. The van der Waals surface area contributed by atoms with Crippen LogP contribution in [-0.4, -0.2) is 145 Å². The van der Waals surface area contributed by atoms with Crippen LogP contribution in [0.2, 0.25) is 0 Å². The maximum atomic E-state index is 14.1. The summed E-state index contributed by atoms with van der Waals surface area (Å²) < 4.78 is 40.2. The number of ether oxygens (including phenoxy) is 2. The monoisotopic (exact) mass is 1080 g/mol. The topological polar surface area (TPSA) is 233 Å². The van der Waals surface area contributed by atoms with Crippen LogP contribution < -0.4 is 30.9 Å². The number of β-amino-alcohol motifs (C(OH)–C–C–N with tert-alkyl or cyclic N) is 1. The lowest BCUT2D eigenvalue weighted by molar-refractivity contribution is -0.144. The van der Waals surface area contributed by atoms with Crippen molar-refractivity contribution < 1.29 is 37.4 Å². The fraction of sp³-hybridized carbons (Fsp3) is 0.491. The molecule has 7 rings (SSSR count). The molecule has 0 bridgehead atoms. The number of carbonyl (C=O) groups excluding carboxylic acids is 3. The molecule has 21 heteroatoms. The molecule has 410 valence electrons. The van der Waals surface area contributed by atoms with Crippen molar-refractivity contribution in [1.82, 2.24) is 40.1 Å². The minimum absolute atomic E-state index is 0.00685. The van der Waals surface area contributed by atoms with Crippen molar-refractivity contribution in [3.8, 4) is 10.4 Å². The molecule has 0 radical (unpaired) electrons. The van der Waals surface area contributed by atoms with E-state index >= 15 is 0 Å². The molecule has 4 heterocycles. The van der Waals surface area contributed by atoms with Crippen LogP contribution in [0.3, 0.4) is 0 Å². The molecule has 4 atom stereocenters. The number of piperazine rings is 1. The van der Waals surface area contributed by atoms with E-state index in [4.69, 9.17) is 9.47 Å². The lowest BCUT2D eigenvalue weighted by Crippen LogP contribution is -2.58. The van der Waals surface area contributed by atoms with Crippen LogP contribution in [-0.2, 0) is 33.9 Å². The molecule has 2 saturated heterocycles. The van der Waals surface area contributed by atoms with Crippen LogP contribution in [0.4, 0.5) is 28.8 Å². The van der Waals surface area contributed by atoms with E-state index in [1.54, 1.807) is 62.6 Å². The normalized spacial score (nSPS) is 17.3. The molecule has 0 spiro atoms. The van der Waals surface area contributed by atoms with Crippen LogP contribution in [0.15, 0.2) is 89.4 Å². The molecule has 6 N–H and O–H groups in total. The number of aryl methyl sites for hydroxylation is 2. The lowest BCUT2D eigenvalue weighted by Gasteiger charge is -2.36. The number of aliphatic hydroxyl groups is 1. The SMILES string of the molecule is Cc1cnc(Nc2ccc(N3CCN(CCOCCOCCC(=O)N[C@H](C(=O)N4C[C@H](O)C[C@H]4C(=O)N[C@@H](C)c4ccc(-c5scnc5C)cc4)C(C)(C)C)CC3)cc2)nc1Nc1cccc(S(=O)(=O)NC(C)(C)C)c1. The zero-order valence-electron chi connectivity index (χ0n) is 45.2. The Balaban J connectivity index is 0.776. The number of thiazole rings is 1.